The molecule has 2 rings (SSSR count). The van der Waals surface area contributed by atoms with Crippen molar-refractivity contribution in [3.05, 3.63) is 53.9 Å². The van der Waals surface area contributed by atoms with Gasteiger partial charge in [0.1, 0.15) is 0 Å². The monoisotopic (exact) mass is 256 g/mol. The van der Waals surface area contributed by atoms with Crippen LogP contribution in [0, 0.1) is 6.92 Å². The number of hydrogen-bond donors (Lipinski definition) is 1. The van der Waals surface area contributed by atoms with Crippen LogP contribution in [0.5, 0.6) is 0 Å². The molecule has 1 aromatic carbocycles. The Morgan fingerprint density at radius 2 is 1.74 bits per heavy atom. The van der Waals surface area contributed by atoms with E-state index in [1.807, 2.05) is 26.1 Å². The summed E-state index contributed by atoms with van der Waals surface area (Å²) >= 11 is 0. The molecule has 0 saturated carbocycles. The summed E-state index contributed by atoms with van der Waals surface area (Å²) in [6, 6.07) is 12.2. The largest absolute Gasteiger partial charge is 0.387 e. The first-order chi connectivity index (χ1) is 9.11. The molecule has 0 aliphatic rings. The molecule has 100 valence electrons. The van der Waals surface area contributed by atoms with Crippen molar-refractivity contribution in [1.29, 1.82) is 0 Å². The van der Waals surface area contributed by atoms with E-state index in [4.69, 9.17) is 0 Å². The van der Waals surface area contributed by atoms with Crippen LogP contribution in [0.25, 0.3) is 0 Å². The maximum Gasteiger partial charge on any atom is 0.0957 e. The lowest BCUT2D eigenvalue weighted by Crippen LogP contribution is -2.10. The van der Waals surface area contributed by atoms with E-state index in [0.717, 1.165) is 17.1 Å². The van der Waals surface area contributed by atoms with E-state index >= 15 is 0 Å². The topological polar surface area (TPSA) is 36.4 Å². The average Bonchev–Trinajstić information content (AvgIpc) is 2.46. The Morgan fingerprint density at radius 3 is 2.26 bits per heavy atom. The molecule has 0 amide bonds. The number of nitrogens with zero attached hydrogens (tertiary/aromatic N) is 2. The molecule has 0 bridgehead atoms. The highest BCUT2D eigenvalue weighted by Gasteiger charge is 2.08. The van der Waals surface area contributed by atoms with Gasteiger partial charge in [-0.3, -0.25) is 4.98 Å². The fraction of sp³-hybridized carbons (Fsp3) is 0.312. The van der Waals surface area contributed by atoms with Gasteiger partial charge in [-0.25, -0.2) is 0 Å². The van der Waals surface area contributed by atoms with Gasteiger partial charge in [0.15, 0.2) is 0 Å². The predicted octanol–water partition coefficient (Wildman–Crippen LogP) is 3.60. The van der Waals surface area contributed by atoms with Crippen molar-refractivity contribution in [2.75, 3.05) is 11.9 Å². The lowest BCUT2D eigenvalue weighted by atomic mass is 10.1. The van der Waals surface area contributed by atoms with Crippen molar-refractivity contribution < 1.29 is 5.11 Å². The van der Waals surface area contributed by atoms with Crippen molar-refractivity contribution in [1.82, 2.24) is 4.98 Å². The molecule has 3 heteroatoms. The number of aromatic nitrogens is 1. The number of hydrogen-bond acceptors (Lipinski definition) is 3. The van der Waals surface area contributed by atoms with Crippen LogP contribution in [-0.2, 0) is 0 Å². The third-order valence-corrected chi connectivity index (χ3v) is 3.31. The zero-order valence-corrected chi connectivity index (χ0v) is 11.7. The smallest absolute Gasteiger partial charge is 0.0957 e. The van der Waals surface area contributed by atoms with Crippen LogP contribution >= 0.6 is 0 Å². The summed E-state index contributed by atoms with van der Waals surface area (Å²) in [5, 5.41) is 9.73. The summed E-state index contributed by atoms with van der Waals surface area (Å²) in [6.45, 7) is 4.02. The second kappa shape index (κ2) is 5.85. The van der Waals surface area contributed by atoms with Gasteiger partial charge in [0.2, 0.25) is 0 Å². The van der Waals surface area contributed by atoms with Crippen LogP contribution in [0.15, 0.2) is 42.6 Å². The van der Waals surface area contributed by atoms with E-state index in [1.165, 1.54) is 5.56 Å². The fourth-order valence-corrected chi connectivity index (χ4v) is 1.92. The highest BCUT2D eigenvalue weighted by molar-refractivity contribution is 5.61. The molecule has 1 N–H and O–H groups in total. The molecule has 3 nitrogen and oxygen atoms in total. The standard InChI is InChI=1S/C16H20N2O/c1-4-16(19)15-10-9-14(11-17-15)18(3)13-7-5-12(2)6-8-13/h5-11,16,19H,4H2,1-3H3/t16-/m1/s1. The molecule has 19 heavy (non-hydrogen) atoms. The number of anilines is 2. The minimum Gasteiger partial charge on any atom is -0.387 e. The van der Waals surface area contributed by atoms with Gasteiger partial charge in [0, 0.05) is 12.7 Å². The van der Waals surface area contributed by atoms with Crippen LogP contribution in [-0.4, -0.2) is 17.1 Å². The van der Waals surface area contributed by atoms with Crippen molar-refractivity contribution in [2.45, 2.75) is 26.4 Å². The third-order valence-electron chi connectivity index (χ3n) is 3.31. The average molecular weight is 256 g/mol. The van der Waals surface area contributed by atoms with Gasteiger partial charge in [-0.15, -0.1) is 0 Å². The van der Waals surface area contributed by atoms with Crippen LogP contribution in [0.3, 0.4) is 0 Å². The van der Waals surface area contributed by atoms with Gasteiger partial charge in [0.05, 0.1) is 23.7 Å². The Bertz CT molecular complexity index is 519. The molecular formula is C16H20N2O. The summed E-state index contributed by atoms with van der Waals surface area (Å²) < 4.78 is 0. The summed E-state index contributed by atoms with van der Waals surface area (Å²) in [6.07, 6.45) is 2.01. The third kappa shape index (κ3) is 3.12. The minimum absolute atomic E-state index is 0.473. The Labute approximate surface area is 114 Å². The summed E-state index contributed by atoms with van der Waals surface area (Å²) in [5.41, 5.74) is 4.10. The maximum absolute atomic E-state index is 9.73. The lowest BCUT2D eigenvalue weighted by molar-refractivity contribution is 0.169. The van der Waals surface area contributed by atoms with Gasteiger partial charge in [0.25, 0.3) is 0 Å². The molecular weight excluding hydrogens is 236 g/mol. The Kier molecular flexibility index (Phi) is 4.17. The van der Waals surface area contributed by atoms with Gasteiger partial charge in [-0.05, 0) is 37.6 Å². The molecule has 0 radical (unpaired) electrons. The summed E-state index contributed by atoms with van der Waals surface area (Å²) in [5.74, 6) is 0. The molecule has 1 heterocycles. The second-order valence-electron chi connectivity index (χ2n) is 4.76. The van der Waals surface area contributed by atoms with E-state index in [9.17, 15) is 5.11 Å². The molecule has 0 saturated heterocycles. The first kappa shape index (κ1) is 13.6. The van der Waals surface area contributed by atoms with Gasteiger partial charge in [-0.1, -0.05) is 24.6 Å². The molecule has 1 atom stereocenters. The quantitative estimate of drug-likeness (QED) is 0.908. The fourth-order valence-electron chi connectivity index (χ4n) is 1.92. The van der Waals surface area contributed by atoms with Crippen molar-refractivity contribution >= 4 is 11.4 Å². The van der Waals surface area contributed by atoms with Crippen LogP contribution in [0.2, 0.25) is 0 Å². The molecule has 0 spiro atoms. The van der Waals surface area contributed by atoms with Crippen LogP contribution in [0.4, 0.5) is 11.4 Å². The van der Waals surface area contributed by atoms with E-state index in [0.29, 0.717) is 6.42 Å². The normalized spacial score (nSPS) is 12.2. The number of aliphatic hydroxyl groups excluding tert-OH is 1. The predicted molar refractivity (Wildman–Crippen MR) is 78.7 cm³/mol. The van der Waals surface area contributed by atoms with Crippen LogP contribution < -0.4 is 4.90 Å². The lowest BCUT2D eigenvalue weighted by Gasteiger charge is -2.20. The first-order valence-corrected chi connectivity index (χ1v) is 6.56. The van der Waals surface area contributed by atoms with Crippen molar-refractivity contribution in [3.8, 4) is 0 Å². The van der Waals surface area contributed by atoms with E-state index in [-0.39, 0.29) is 0 Å². The molecule has 0 aliphatic carbocycles. The molecule has 0 fully saturated rings. The Balaban J connectivity index is 2.19. The number of rotatable bonds is 4. The molecule has 2 aromatic rings. The zero-order chi connectivity index (χ0) is 13.8. The molecule has 0 unspecified atom stereocenters. The van der Waals surface area contributed by atoms with Gasteiger partial charge < -0.3 is 10.0 Å². The highest BCUT2D eigenvalue weighted by atomic mass is 16.3. The summed E-state index contributed by atoms with van der Waals surface area (Å²) in [7, 11) is 2.01. The van der Waals surface area contributed by atoms with E-state index < -0.39 is 6.10 Å². The molecule has 0 aliphatic heterocycles. The van der Waals surface area contributed by atoms with Crippen molar-refractivity contribution in [3.63, 3.8) is 0 Å². The zero-order valence-electron chi connectivity index (χ0n) is 11.7. The van der Waals surface area contributed by atoms with Crippen LogP contribution in [0.1, 0.15) is 30.7 Å². The van der Waals surface area contributed by atoms with E-state index in [2.05, 4.69) is 41.1 Å². The SMILES string of the molecule is CC[C@@H](O)c1ccc(N(C)c2ccc(C)cc2)cn1. The Morgan fingerprint density at radius 1 is 1.11 bits per heavy atom. The number of pyridine rings is 1. The summed E-state index contributed by atoms with van der Waals surface area (Å²) in [4.78, 5) is 6.40. The van der Waals surface area contributed by atoms with Gasteiger partial charge in [-0.2, -0.15) is 0 Å². The highest BCUT2D eigenvalue weighted by Crippen LogP contribution is 2.24. The number of benzene rings is 1. The molecule has 1 aromatic heterocycles. The Hall–Kier alpha value is -1.87. The van der Waals surface area contributed by atoms with E-state index in [1.54, 1.807) is 6.20 Å². The van der Waals surface area contributed by atoms with Crippen molar-refractivity contribution in [2.24, 2.45) is 0 Å². The van der Waals surface area contributed by atoms with Gasteiger partial charge >= 0.3 is 0 Å². The first-order valence-electron chi connectivity index (χ1n) is 6.56. The maximum atomic E-state index is 9.73. The minimum atomic E-state index is -0.473. The number of aryl methyl sites for hydroxylation is 1. The second-order valence-corrected chi connectivity index (χ2v) is 4.76. The number of aliphatic hydroxyl groups is 1.